The molecular weight excluding hydrogens is 302 g/mol. The Morgan fingerprint density at radius 3 is 2.54 bits per heavy atom. The molecule has 1 fully saturated rings. The Balaban J connectivity index is 1.64. The van der Waals surface area contributed by atoms with E-state index in [2.05, 4.69) is 12.2 Å². The number of Topliss-reactive ketones (excluding diaryl/α,β-unsaturated/α-hetero) is 1. The van der Waals surface area contributed by atoms with E-state index < -0.39 is 6.10 Å². The van der Waals surface area contributed by atoms with Crippen LogP contribution in [0.3, 0.4) is 0 Å². The number of ether oxygens (including phenoxy) is 1. The first-order valence-corrected chi connectivity index (χ1v) is 9.15. The van der Waals surface area contributed by atoms with Gasteiger partial charge in [-0.1, -0.05) is 19.1 Å². The van der Waals surface area contributed by atoms with E-state index in [1.165, 1.54) is 25.7 Å². The third-order valence-electron chi connectivity index (χ3n) is 4.79. The van der Waals surface area contributed by atoms with Crippen molar-refractivity contribution in [3.05, 3.63) is 29.8 Å². The lowest BCUT2D eigenvalue weighted by atomic mass is 9.87. The molecule has 24 heavy (non-hydrogen) atoms. The predicted octanol–water partition coefficient (Wildman–Crippen LogP) is 3.12. The van der Waals surface area contributed by atoms with Gasteiger partial charge >= 0.3 is 0 Å². The number of ketones is 1. The number of carbonyl (C=O) groups is 1. The molecule has 1 aromatic rings. The molecule has 0 aromatic heterocycles. The third kappa shape index (κ3) is 7.02. The second kappa shape index (κ2) is 9.80. The lowest BCUT2D eigenvalue weighted by Gasteiger charge is -2.27. The largest absolute Gasteiger partial charge is 0.491 e. The molecule has 0 amide bonds. The topological polar surface area (TPSA) is 58.6 Å². The number of benzene rings is 1. The molecule has 4 nitrogen and oxygen atoms in total. The van der Waals surface area contributed by atoms with Crippen LogP contribution >= 0.6 is 0 Å². The highest BCUT2D eigenvalue weighted by atomic mass is 16.5. The number of nitrogens with one attached hydrogen (secondary N) is 1. The first-order chi connectivity index (χ1) is 11.5. The van der Waals surface area contributed by atoms with Crippen LogP contribution < -0.4 is 10.1 Å². The molecule has 1 aliphatic carbocycles. The Morgan fingerprint density at radius 2 is 1.92 bits per heavy atom. The fourth-order valence-corrected chi connectivity index (χ4v) is 3.09. The molecule has 1 atom stereocenters. The average Bonchev–Trinajstić information content (AvgIpc) is 2.58. The average molecular weight is 333 g/mol. The van der Waals surface area contributed by atoms with Crippen molar-refractivity contribution < 1.29 is 14.6 Å². The van der Waals surface area contributed by atoms with E-state index in [0.29, 0.717) is 25.6 Å². The number of aliphatic hydroxyl groups excluding tert-OH is 1. The fourth-order valence-electron chi connectivity index (χ4n) is 3.09. The van der Waals surface area contributed by atoms with Crippen molar-refractivity contribution in [3.63, 3.8) is 0 Å². The number of rotatable bonds is 9. The molecule has 1 aromatic carbocycles. The van der Waals surface area contributed by atoms with Gasteiger partial charge in [-0.25, -0.2) is 0 Å². The van der Waals surface area contributed by atoms with E-state index in [9.17, 15) is 9.90 Å². The van der Waals surface area contributed by atoms with Crippen molar-refractivity contribution in [2.45, 2.75) is 64.5 Å². The molecule has 2 rings (SSSR count). The fraction of sp³-hybridized carbons (Fsp3) is 0.650. The van der Waals surface area contributed by atoms with E-state index in [0.717, 1.165) is 23.7 Å². The summed E-state index contributed by atoms with van der Waals surface area (Å²) in [5.41, 5.74) is 1.13. The summed E-state index contributed by atoms with van der Waals surface area (Å²) in [6, 6.07) is 8.30. The molecular formula is C20H31NO3. The summed E-state index contributed by atoms with van der Waals surface area (Å²) < 4.78 is 5.65. The Morgan fingerprint density at radius 1 is 1.25 bits per heavy atom. The molecule has 4 heteroatoms. The Bertz CT molecular complexity index is 492. The van der Waals surface area contributed by atoms with Crippen LogP contribution in [0.1, 0.15) is 51.5 Å². The van der Waals surface area contributed by atoms with Gasteiger partial charge in [0.05, 0.1) is 0 Å². The molecule has 0 radical (unpaired) electrons. The number of aliphatic hydroxyl groups is 1. The Hall–Kier alpha value is -1.39. The van der Waals surface area contributed by atoms with Crippen LogP contribution in [0.2, 0.25) is 0 Å². The van der Waals surface area contributed by atoms with Crippen molar-refractivity contribution in [1.29, 1.82) is 0 Å². The van der Waals surface area contributed by atoms with Gasteiger partial charge in [-0.2, -0.15) is 0 Å². The molecule has 2 N–H and O–H groups in total. The van der Waals surface area contributed by atoms with Gasteiger partial charge in [-0.05, 0) is 62.6 Å². The molecule has 0 aliphatic heterocycles. The maximum atomic E-state index is 11.0. The van der Waals surface area contributed by atoms with E-state index >= 15 is 0 Å². The van der Waals surface area contributed by atoms with Crippen LogP contribution in [0.15, 0.2) is 24.3 Å². The van der Waals surface area contributed by atoms with Crippen LogP contribution in [0, 0.1) is 5.92 Å². The van der Waals surface area contributed by atoms with Gasteiger partial charge in [0, 0.05) is 19.0 Å². The molecule has 1 saturated carbocycles. The quantitative estimate of drug-likeness (QED) is 0.729. The normalized spacial score (nSPS) is 22.1. The summed E-state index contributed by atoms with van der Waals surface area (Å²) in [5.74, 6) is 1.81. The van der Waals surface area contributed by atoms with Gasteiger partial charge in [0.2, 0.25) is 0 Å². The van der Waals surface area contributed by atoms with Crippen LogP contribution in [-0.4, -0.2) is 36.2 Å². The first kappa shape index (κ1) is 18.9. The predicted molar refractivity (Wildman–Crippen MR) is 96.4 cm³/mol. The summed E-state index contributed by atoms with van der Waals surface area (Å²) in [4.78, 5) is 11.0. The maximum absolute atomic E-state index is 11.0. The molecule has 134 valence electrons. The van der Waals surface area contributed by atoms with Crippen LogP contribution in [-0.2, 0) is 11.2 Å². The number of aryl methyl sites for hydroxylation is 1. The van der Waals surface area contributed by atoms with Crippen molar-refractivity contribution in [2.75, 3.05) is 13.2 Å². The van der Waals surface area contributed by atoms with Crippen LogP contribution in [0.4, 0.5) is 0 Å². The Kier molecular flexibility index (Phi) is 7.73. The van der Waals surface area contributed by atoms with E-state index in [1.54, 1.807) is 6.92 Å². The molecule has 0 heterocycles. The Labute approximate surface area is 145 Å². The lowest BCUT2D eigenvalue weighted by molar-refractivity contribution is -0.116. The van der Waals surface area contributed by atoms with E-state index in [1.807, 2.05) is 24.3 Å². The van der Waals surface area contributed by atoms with Gasteiger partial charge in [0.25, 0.3) is 0 Å². The number of hydrogen-bond donors (Lipinski definition) is 2. The summed E-state index contributed by atoms with van der Waals surface area (Å²) in [7, 11) is 0. The smallest absolute Gasteiger partial charge is 0.130 e. The standard InChI is InChI=1S/C20H31NO3/c1-15-3-9-18(10-4-15)21-13-19(23)14-24-20-11-7-17(8-12-20)6-5-16(2)22/h7-8,11-12,15,18-19,21,23H,3-6,9-10,13-14H2,1-2H3/t15?,18?,19-/m1/s1. The SMILES string of the molecule is CC(=O)CCc1ccc(OC[C@H](O)CNC2CCC(C)CC2)cc1. The second-order valence-electron chi connectivity index (χ2n) is 7.18. The van der Waals surface area contributed by atoms with Gasteiger partial charge in [-0.3, -0.25) is 0 Å². The highest BCUT2D eigenvalue weighted by Gasteiger charge is 2.18. The number of carbonyl (C=O) groups excluding carboxylic acids is 1. The van der Waals surface area contributed by atoms with E-state index in [4.69, 9.17) is 4.74 Å². The highest BCUT2D eigenvalue weighted by Crippen LogP contribution is 2.23. The zero-order valence-electron chi connectivity index (χ0n) is 15.0. The third-order valence-corrected chi connectivity index (χ3v) is 4.79. The molecule has 0 unspecified atom stereocenters. The molecule has 1 aliphatic rings. The van der Waals surface area contributed by atoms with Gasteiger partial charge < -0.3 is 20.0 Å². The van der Waals surface area contributed by atoms with Gasteiger partial charge in [-0.15, -0.1) is 0 Å². The minimum absolute atomic E-state index is 0.207. The lowest BCUT2D eigenvalue weighted by Crippen LogP contribution is -2.39. The second-order valence-corrected chi connectivity index (χ2v) is 7.18. The van der Waals surface area contributed by atoms with Gasteiger partial charge in [0.1, 0.15) is 24.2 Å². The van der Waals surface area contributed by atoms with Crippen LogP contribution in [0.5, 0.6) is 5.75 Å². The van der Waals surface area contributed by atoms with Gasteiger partial charge in [0.15, 0.2) is 0 Å². The van der Waals surface area contributed by atoms with Crippen molar-refractivity contribution in [2.24, 2.45) is 5.92 Å². The zero-order chi connectivity index (χ0) is 17.4. The first-order valence-electron chi connectivity index (χ1n) is 9.15. The molecule has 0 bridgehead atoms. The van der Waals surface area contributed by atoms with Crippen molar-refractivity contribution in [1.82, 2.24) is 5.32 Å². The molecule has 0 saturated heterocycles. The number of hydrogen-bond acceptors (Lipinski definition) is 4. The van der Waals surface area contributed by atoms with Crippen molar-refractivity contribution >= 4 is 5.78 Å². The summed E-state index contributed by atoms with van der Waals surface area (Å²) >= 11 is 0. The van der Waals surface area contributed by atoms with Crippen molar-refractivity contribution in [3.8, 4) is 5.75 Å². The monoisotopic (exact) mass is 333 g/mol. The summed E-state index contributed by atoms with van der Waals surface area (Å²) in [6.07, 6.45) is 5.81. The van der Waals surface area contributed by atoms with Crippen LogP contribution in [0.25, 0.3) is 0 Å². The minimum atomic E-state index is -0.498. The minimum Gasteiger partial charge on any atom is -0.491 e. The zero-order valence-corrected chi connectivity index (χ0v) is 15.0. The summed E-state index contributed by atoms with van der Waals surface area (Å²) in [5, 5.41) is 13.5. The maximum Gasteiger partial charge on any atom is 0.130 e. The summed E-state index contributed by atoms with van der Waals surface area (Å²) in [6.45, 7) is 4.80. The van der Waals surface area contributed by atoms with E-state index in [-0.39, 0.29) is 5.78 Å². The highest BCUT2D eigenvalue weighted by molar-refractivity contribution is 5.75. The molecule has 0 spiro atoms.